The molecule has 1 unspecified atom stereocenters. The van der Waals surface area contributed by atoms with E-state index in [1.807, 2.05) is 17.5 Å². The van der Waals surface area contributed by atoms with Gasteiger partial charge in [0.25, 0.3) is 0 Å². The molecule has 1 atom stereocenters. The molecule has 146 valence electrons. The summed E-state index contributed by atoms with van der Waals surface area (Å²) in [7, 11) is -3.36. The summed E-state index contributed by atoms with van der Waals surface area (Å²) in [4.78, 5) is 24.7. The van der Waals surface area contributed by atoms with Crippen LogP contribution in [0.1, 0.15) is 36.8 Å². The second kappa shape index (κ2) is 9.01. The van der Waals surface area contributed by atoms with Crippen molar-refractivity contribution in [1.82, 2.24) is 5.32 Å². The van der Waals surface area contributed by atoms with E-state index < -0.39 is 10.0 Å². The van der Waals surface area contributed by atoms with Gasteiger partial charge in [-0.2, -0.15) is 0 Å². The van der Waals surface area contributed by atoms with Gasteiger partial charge in [0, 0.05) is 17.5 Å². The van der Waals surface area contributed by atoms with Crippen molar-refractivity contribution < 1.29 is 18.0 Å². The highest BCUT2D eigenvalue weighted by atomic mass is 32.2. The van der Waals surface area contributed by atoms with Crippen LogP contribution in [0, 0.1) is 6.92 Å². The van der Waals surface area contributed by atoms with Crippen LogP contribution in [0.3, 0.4) is 0 Å². The fourth-order valence-corrected chi connectivity index (χ4v) is 3.94. The Labute approximate surface area is 163 Å². The third-order valence-electron chi connectivity index (χ3n) is 3.81. The number of benzene rings is 1. The first kappa shape index (κ1) is 20.9. The zero-order chi connectivity index (χ0) is 20.0. The predicted molar refractivity (Wildman–Crippen MR) is 108 cm³/mol. The Hall–Kier alpha value is -2.39. The molecule has 7 nitrogen and oxygen atoms in total. The van der Waals surface area contributed by atoms with E-state index in [4.69, 9.17) is 0 Å². The maximum absolute atomic E-state index is 12.4. The summed E-state index contributed by atoms with van der Waals surface area (Å²) in [5.74, 6) is -0.467. The van der Waals surface area contributed by atoms with E-state index in [0.717, 1.165) is 4.88 Å². The van der Waals surface area contributed by atoms with Crippen LogP contribution < -0.4 is 15.4 Å². The fraction of sp³-hybridized carbons (Fsp3) is 0.333. The number of carbonyl (C=O) groups excluding carboxylic acids is 2. The van der Waals surface area contributed by atoms with Gasteiger partial charge in [-0.3, -0.25) is 14.3 Å². The maximum Gasteiger partial charge on any atom is 0.232 e. The molecule has 1 heterocycles. The number of hydrogen-bond donors (Lipinski definition) is 3. The number of rotatable bonds is 8. The lowest BCUT2D eigenvalue weighted by Gasteiger charge is -2.17. The normalized spacial score (nSPS) is 12.3. The van der Waals surface area contributed by atoms with E-state index in [2.05, 4.69) is 15.4 Å². The molecule has 0 aliphatic rings. The first-order valence-electron chi connectivity index (χ1n) is 8.41. The molecule has 0 spiro atoms. The average molecular weight is 410 g/mol. The van der Waals surface area contributed by atoms with E-state index in [-0.39, 0.29) is 30.0 Å². The van der Waals surface area contributed by atoms with Crippen molar-refractivity contribution in [3.63, 3.8) is 0 Å². The Balaban J connectivity index is 2.06. The van der Waals surface area contributed by atoms with Crippen LogP contribution in [0.5, 0.6) is 0 Å². The quantitative estimate of drug-likeness (QED) is 0.623. The standard InChI is InChI=1S/C18H23N3O4S2/c1-4-27(24,25)21-15-8-7-14(10-12(15)2)20-18(23)11-16(19-13(3)22)17-6-5-9-26-17/h5-10,16,21H,4,11H2,1-3H3,(H,19,22)(H,20,23). The van der Waals surface area contributed by atoms with Crippen molar-refractivity contribution in [2.24, 2.45) is 0 Å². The molecular weight excluding hydrogens is 386 g/mol. The SMILES string of the molecule is CCS(=O)(=O)Nc1ccc(NC(=O)CC(NC(C)=O)c2cccs2)cc1C. The van der Waals surface area contributed by atoms with Gasteiger partial charge >= 0.3 is 0 Å². The molecule has 0 radical (unpaired) electrons. The minimum atomic E-state index is -3.36. The first-order valence-corrected chi connectivity index (χ1v) is 10.9. The molecular formula is C18H23N3O4S2. The summed E-state index contributed by atoms with van der Waals surface area (Å²) in [6, 6.07) is 8.30. The zero-order valence-corrected chi connectivity index (χ0v) is 17.0. The minimum absolute atomic E-state index is 0.0157. The molecule has 1 aromatic carbocycles. The van der Waals surface area contributed by atoms with Gasteiger partial charge < -0.3 is 10.6 Å². The number of nitrogens with one attached hydrogen (secondary N) is 3. The lowest BCUT2D eigenvalue weighted by atomic mass is 10.1. The molecule has 0 bridgehead atoms. The predicted octanol–water partition coefficient (Wildman–Crippen LogP) is 3.02. The summed E-state index contributed by atoms with van der Waals surface area (Å²) in [5.41, 5.74) is 1.73. The molecule has 2 amide bonds. The van der Waals surface area contributed by atoms with E-state index in [1.165, 1.54) is 18.3 Å². The number of sulfonamides is 1. The minimum Gasteiger partial charge on any atom is -0.348 e. The lowest BCUT2D eigenvalue weighted by molar-refractivity contribution is -0.120. The van der Waals surface area contributed by atoms with E-state index in [0.29, 0.717) is 16.9 Å². The molecule has 3 N–H and O–H groups in total. The topological polar surface area (TPSA) is 104 Å². The molecule has 0 saturated carbocycles. The molecule has 27 heavy (non-hydrogen) atoms. The highest BCUT2D eigenvalue weighted by molar-refractivity contribution is 7.92. The molecule has 0 aliphatic heterocycles. The monoisotopic (exact) mass is 409 g/mol. The summed E-state index contributed by atoms with van der Waals surface area (Å²) in [5, 5.41) is 7.47. The number of hydrogen-bond acceptors (Lipinski definition) is 5. The van der Waals surface area contributed by atoms with Gasteiger partial charge in [0.2, 0.25) is 21.8 Å². The van der Waals surface area contributed by atoms with Crippen LogP contribution >= 0.6 is 11.3 Å². The highest BCUT2D eigenvalue weighted by Crippen LogP contribution is 2.24. The van der Waals surface area contributed by atoms with E-state index in [1.54, 1.807) is 32.0 Å². The molecule has 9 heteroatoms. The second-order valence-corrected chi connectivity index (χ2v) is 9.05. The number of anilines is 2. The van der Waals surface area contributed by atoms with Crippen molar-refractivity contribution in [3.05, 3.63) is 46.2 Å². The number of amides is 2. The van der Waals surface area contributed by atoms with Crippen molar-refractivity contribution in [3.8, 4) is 0 Å². The summed E-state index contributed by atoms with van der Waals surface area (Å²) in [6.07, 6.45) is 0.101. The second-order valence-electron chi connectivity index (χ2n) is 6.06. The lowest BCUT2D eigenvalue weighted by Crippen LogP contribution is -2.29. The number of thiophene rings is 1. The molecule has 0 fully saturated rings. The number of aryl methyl sites for hydroxylation is 1. The fourth-order valence-electron chi connectivity index (χ4n) is 2.45. The van der Waals surface area contributed by atoms with Gasteiger partial charge in [-0.15, -0.1) is 11.3 Å². The highest BCUT2D eigenvalue weighted by Gasteiger charge is 2.18. The molecule has 0 saturated heterocycles. The van der Waals surface area contributed by atoms with E-state index >= 15 is 0 Å². The van der Waals surface area contributed by atoms with Crippen LogP contribution in [0.25, 0.3) is 0 Å². The van der Waals surface area contributed by atoms with Gasteiger partial charge in [0.1, 0.15) is 0 Å². The van der Waals surface area contributed by atoms with Crippen LogP contribution in [0.15, 0.2) is 35.7 Å². The van der Waals surface area contributed by atoms with Crippen LogP contribution in [-0.4, -0.2) is 26.0 Å². The largest absolute Gasteiger partial charge is 0.348 e. The van der Waals surface area contributed by atoms with Gasteiger partial charge in [-0.1, -0.05) is 6.07 Å². The van der Waals surface area contributed by atoms with Crippen molar-refractivity contribution >= 4 is 44.5 Å². The summed E-state index contributed by atoms with van der Waals surface area (Å²) >= 11 is 1.47. The maximum atomic E-state index is 12.4. The molecule has 1 aromatic heterocycles. The number of carbonyl (C=O) groups is 2. The average Bonchev–Trinajstić information content (AvgIpc) is 3.11. The third kappa shape index (κ3) is 6.37. The van der Waals surface area contributed by atoms with Gasteiger partial charge in [-0.05, 0) is 49.1 Å². The molecule has 0 aliphatic carbocycles. The van der Waals surface area contributed by atoms with Gasteiger partial charge in [0.15, 0.2) is 0 Å². The first-order chi connectivity index (χ1) is 12.7. The van der Waals surface area contributed by atoms with Gasteiger partial charge in [0.05, 0.1) is 23.9 Å². The van der Waals surface area contributed by atoms with Crippen molar-refractivity contribution in [2.75, 3.05) is 15.8 Å². The van der Waals surface area contributed by atoms with Crippen molar-refractivity contribution in [1.29, 1.82) is 0 Å². The van der Waals surface area contributed by atoms with Crippen LogP contribution in [-0.2, 0) is 19.6 Å². The van der Waals surface area contributed by atoms with Gasteiger partial charge in [-0.25, -0.2) is 8.42 Å². The van der Waals surface area contributed by atoms with Crippen LogP contribution in [0.4, 0.5) is 11.4 Å². The Morgan fingerprint density at radius 2 is 1.96 bits per heavy atom. The summed E-state index contributed by atoms with van der Waals surface area (Å²) in [6.45, 7) is 4.73. The van der Waals surface area contributed by atoms with Crippen molar-refractivity contribution in [2.45, 2.75) is 33.2 Å². The van der Waals surface area contributed by atoms with E-state index in [9.17, 15) is 18.0 Å². The third-order valence-corrected chi connectivity index (χ3v) is 6.09. The molecule has 2 aromatic rings. The summed E-state index contributed by atoms with van der Waals surface area (Å²) < 4.78 is 25.9. The zero-order valence-electron chi connectivity index (χ0n) is 15.4. The Morgan fingerprint density at radius 3 is 2.52 bits per heavy atom. The smallest absolute Gasteiger partial charge is 0.232 e. The van der Waals surface area contributed by atoms with Crippen LogP contribution in [0.2, 0.25) is 0 Å². The Kier molecular flexibility index (Phi) is 6.98. The Bertz CT molecular complexity index is 909. The Morgan fingerprint density at radius 1 is 1.22 bits per heavy atom. The molecule has 2 rings (SSSR count).